The van der Waals surface area contributed by atoms with Crippen molar-refractivity contribution < 1.29 is 9.59 Å². The Kier molecular flexibility index (Phi) is 4.93. The standard InChI is InChI=1S/C18H21N3O3/c22-16(20-12-5-1-2-6-12)9-10-19-18(24)14-11-17(23)21-15-8-4-3-7-13(14)15/h3-4,7-8,11-12H,1-2,5-6,9-10H2,(H,19,24)(H,20,22)(H,21,23). The van der Waals surface area contributed by atoms with Crippen LogP contribution in [0.5, 0.6) is 0 Å². The molecule has 0 bridgehead atoms. The number of pyridine rings is 1. The SMILES string of the molecule is O=C(CCNC(=O)c1cc(=O)[nH]c2ccccc12)NC1CCCC1. The molecule has 126 valence electrons. The van der Waals surface area contributed by atoms with Gasteiger partial charge in [-0.25, -0.2) is 0 Å². The van der Waals surface area contributed by atoms with Gasteiger partial charge in [0.1, 0.15) is 0 Å². The third-order valence-electron chi connectivity index (χ3n) is 4.35. The Balaban J connectivity index is 1.59. The monoisotopic (exact) mass is 327 g/mol. The van der Waals surface area contributed by atoms with E-state index in [2.05, 4.69) is 15.6 Å². The number of H-pyrrole nitrogens is 1. The van der Waals surface area contributed by atoms with Gasteiger partial charge in [-0.15, -0.1) is 0 Å². The summed E-state index contributed by atoms with van der Waals surface area (Å²) in [7, 11) is 0. The van der Waals surface area contributed by atoms with Crippen LogP contribution in [-0.4, -0.2) is 29.4 Å². The van der Waals surface area contributed by atoms with Crippen molar-refractivity contribution in [3.63, 3.8) is 0 Å². The molecule has 1 heterocycles. The minimum absolute atomic E-state index is 0.0435. The molecule has 3 rings (SSSR count). The predicted molar refractivity (Wildman–Crippen MR) is 91.9 cm³/mol. The zero-order valence-corrected chi connectivity index (χ0v) is 13.4. The minimum Gasteiger partial charge on any atom is -0.353 e. The summed E-state index contributed by atoms with van der Waals surface area (Å²) in [6, 6.07) is 8.72. The molecular weight excluding hydrogens is 306 g/mol. The van der Waals surface area contributed by atoms with Crippen LogP contribution in [0.3, 0.4) is 0 Å². The van der Waals surface area contributed by atoms with Crippen molar-refractivity contribution >= 4 is 22.7 Å². The normalized spacial score (nSPS) is 14.7. The molecule has 0 spiro atoms. The molecule has 1 fully saturated rings. The van der Waals surface area contributed by atoms with E-state index in [1.54, 1.807) is 18.2 Å². The Hall–Kier alpha value is -2.63. The maximum absolute atomic E-state index is 12.3. The van der Waals surface area contributed by atoms with Crippen LogP contribution in [0.25, 0.3) is 10.9 Å². The van der Waals surface area contributed by atoms with Crippen LogP contribution in [-0.2, 0) is 4.79 Å². The van der Waals surface area contributed by atoms with E-state index in [9.17, 15) is 14.4 Å². The Morgan fingerprint density at radius 3 is 2.71 bits per heavy atom. The molecule has 1 saturated carbocycles. The van der Waals surface area contributed by atoms with Gasteiger partial charge in [0.15, 0.2) is 0 Å². The lowest BCUT2D eigenvalue weighted by atomic mass is 10.1. The fraction of sp³-hybridized carbons (Fsp3) is 0.389. The second kappa shape index (κ2) is 7.29. The average molecular weight is 327 g/mol. The number of aromatic nitrogens is 1. The van der Waals surface area contributed by atoms with E-state index in [0.717, 1.165) is 25.7 Å². The van der Waals surface area contributed by atoms with Gasteiger partial charge in [0.05, 0.1) is 5.56 Å². The topological polar surface area (TPSA) is 91.1 Å². The zero-order chi connectivity index (χ0) is 16.9. The number of fused-ring (bicyclic) bond motifs is 1. The van der Waals surface area contributed by atoms with Crippen molar-refractivity contribution in [1.82, 2.24) is 15.6 Å². The van der Waals surface area contributed by atoms with E-state index in [1.807, 2.05) is 6.07 Å². The minimum atomic E-state index is -0.342. The van der Waals surface area contributed by atoms with Crippen LogP contribution in [0.2, 0.25) is 0 Å². The van der Waals surface area contributed by atoms with E-state index in [0.29, 0.717) is 16.5 Å². The summed E-state index contributed by atoms with van der Waals surface area (Å²) < 4.78 is 0. The molecular formula is C18H21N3O3. The van der Waals surface area contributed by atoms with E-state index >= 15 is 0 Å². The van der Waals surface area contributed by atoms with Gasteiger partial charge in [0, 0.05) is 36.0 Å². The van der Waals surface area contributed by atoms with Gasteiger partial charge < -0.3 is 15.6 Å². The summed E-state index contributed by atoms with van der Waals surface area (Å²) in [5.74, 6) is -0.385. The van der Waals surface area contributed by atoms with Crippen LogP contribution < -0.4 is 16.2 Å². The summed E-state index contributed by atoms with van der Waals surface area (Å²) in [4.78, 5) is 38.6. The molecule has 1 aromatic carbocycles. The van der Waals surface area contributed by atoms with Crippen LogP contribution in [0, 0.1) is 0 Å². The Labute approximate surface area is 139 Å². The molecule has 0 atom stereocenters. The number of rotatable bonds is 5. The first-order valence-electron chi connectivity index (χ1n) is 8.33. The van der Waals surface area contributed by atoms with Crippen LogP contribution in [0.4, 0.5) is 0 Å². The third kappa shape index (κ3) is 3.82. The number of carbonyl (C=O) groups is 2. The van der Waals surface area contributed by atoms with Gasteiger partial charge >= 0.3 is 0 Å². The molecule has 0 unspecified atom stereocenters. The van der Waals surface area contributed by atoms with Crippen molar-refractivity contribution in [3.8, 4) is 0 Å². The molecule has 1 aromatic heterocycles. The number of carbonyl (C=O) groups excluding carboxylic acids is 2. The molecule has 6 heteroatoms. The summed E-state index contributed by atoms with van der Waals surface area (Å²) in [6.45, 7) is 0.249. The first kappa shape index (κ1) is 16.2. The quantitative estimate of drug-likeness (QED) is 0.781. The summed E-state index contributed by atoms with van der Waals surface area (Å²) in [6.07, 6.45) is 4.64. The van der Waals surface area contributed by atoms with Crippen molar-refractivity contribution in [2.75, 3.05) is 6.54 Å². The van der Waals surface area contributed by atoms with Crippen molar-refractivity contribution in [2.45, 2.75) is 38.1 Å². The van der Waals surface area contributed by atoms with E-state index < -0.39 is 0 Å². The highest BCUT2D eigenvalue weighted by atomic mass is 16.2. The van der Waals surface area contributed by atoms with Gasteiger partial charge in [0.25, 0.3) is 5.91 Å². The van der Waals surface area contributed by atoms with Crippen molar-refractivity contribution in [1.29, 1.82) is 0 Å². The fourth-order valence-electron chi connectivity index (χ4n) is 3.15. The molecule has 3 N–H and O–H groups in total. The Morgan fingerprint density at radius 1 is 1.17 bits per heavy atom. The third-order valence-corrected chi connectivity index (χ3v) is 4.35. The van der Waals surface area contributed by atoms with Gasteiger partial charge in [-0.3, -0.25) is 14.4 Å². The predicted octanol–water partition coefficient (Wildman–Crippen LogP) is 1.71. The highest BCUT2D eigenvalue weighted by Gasteiger charge is 2.17. The first-order valence-corrected chi connectivity index (χ1v) is 8.33. The fourth-order valence-corrected chi connectivity index (χ4v) is 3.15. The second-order valence-electron chi connectivity index (χ2n) is 6.15. The summed E-state index contributed by atoms with van der Waals surface area (Å²) in [5, 5.41) is 6.39. The lowest BCUT2D eigenvalue weighted by Crippen LogP contribution is -2.35. The molecule has 0 saturated heterocycles. The summed E-state index contributed by atoms with van der Waals surface area (Å²) in [5.41, 5.74) is 0.623. The molecule has 6 nitrogen and oxygen atoms in total. The molecule has 0 aliphatic heterocycles. The van der Waals surface area contributed by atoms with Crippen molar-refractivity contribution in [2.24, 2.45) is 0 Å². The lowest BCUT2D eigenvalue weighted by Gasteiger charge is -2.12. The maximum atomic E-state index is 12.3. The number of aromatic amines is 1. The van der Waals surface area contributed by atoms with Gasteiger partial charge in [-0.05, 0) is 18.9 Å². The number of amides is 2. The lowest BCUT2D eigenvalue weighted by molar-refractivity contribution is -0.121. The number of para-hydroxylation sites is 1. The first-order chi connectivity index (χ1) is 11.6. The zero-order valence-electron chi connectivity index (χ0n) is 13.4. The second-order valence-corrected chi connectivity index (χ2v) is 6.15. The number of hydrogen-bond acceptors (Lipinski definition) is 3. The molecule has 1 aliphatic rings. The number of benzene rings is 1. The summed E-state index contributed by atoms with van der Waals surface area (Å²) >= 11 is 0. The average Bonchev–Trinajstić information content (AvgIpc) is 3.06. The van der Waals surface area contributed by atoms with Gasteiger partial charge in [-0.1, -0.05) is 31.0 Å². The van der Waals surface area contributed by atoms with Crippen molar-refractivity contribution in [3.05, 3.63) is 46.2 Å². The van der Waals surface area contributed by atoms with Crippen LogP contribution in [0.1, 0.15) is 42.5 Å². The Morgan fingerprint density at radius 2 is 1.92 bits per heavy atom. The van der Waals surface area contributed by atoms with E-state index in [-0.39, 0.29) is 36.4 Å². The molecule has 24 heavy (non-hydrogen) atoms. The Bertz CT molecular complexity index is 807. The maximum Gasteiger partial charge on any atom is 0.252 e. The van der Waals surface area contributed by atoms with Crippen LogP contribution >= 0.6 is 0 Å². The number of nitrogens with one attached hydrogen (secondary N) is 3. The highest BCUT2D eigenvalue weighted by Crippen LogP contribution is 2.17. The molecule has 0 radical (unpaired) electrons. The number of hydrogen-bond donors (Lipinski definition) is 3. The highest BCUT2D eigenvalue weighted by molar-refractivity contribution is 6.06. The molecule has 2 aromatic rings. The van der Waals surface area contributed by atoms with Crippen LogP contribution in [0.15, 0.2) is 35.1 Å². The largest absolute Gasteiger partial charge is 0.353 e. The van der Waals surface area contributed by atoms with E-state index in [4.69, 9.17) is 0 Å². The van der Waals surface area contributed by atoms with Gasteiger partial charge in [0.2, 0.25) is 11.5 Å². The molecule has 1 aliphatic carbocycles. The smallest absolute Gasteiger partial charge is 0.252 e. The van der Waals surface area contributed by atoms with Gasteiger partial charge in [-0.2, -0.15) is 0 Å². The molecule has 2 amide bonds. The van der Waals surface area contributed by atoms with E-state index in [1.165, 1.54) is 6.07 Å².